The Hall–Kier alpha value is -1.27. The molecule has 1 aromatic heterocycles. The van der Waals surface area contributed by atoms with E-state index in [1.807, 2.05) is 0 Å². The molecular weight excluding hydrogens is 148 g/mol. The Bertz CT molecular complexity index is 201. The molecule has 0 fully saturated rings. The van der Waals surface area contributed by atoms with Gasteiger partial charge in [-0.1, -0.05) is 5.23 Å². The summed E-state index contributed by atoms with van der Waals surface area (Å²) in [5.74, 6) is 0.310. The molecule has 0 aliphatic rings. The third-order valence-electron chi connectivity index (χ3n) is 0.975. The van der Waals surface area contributed by atoms with Crippen molar-refractivity contribution in [3.63, 3.8) is 0 Å². The van der Waals surface area contributed by atoms with Gasteiger partial charge in [0.15, 0.2) is 0 Å². The number of hydrogen-bond acceptors (Lipinski definition) is 6. The fourth-order valence-corrected chi connectivity index (χ4v) is 0.565. The standard InChI is InChI=1S/C5H8N4O2/c1-10-9(11-2)5-7-3-6-4-8-5/h3-4H,1-2H3. The average molecular weight is 156 g/mol. The summed E-state index contributed by atoms with van der Waals surface area (Å²) in [7, 11) is 2.90. The molecule has 0 spiro atoms. The van der Waals surface area contributed by atoms with Gasteiger partial charge in [-0.3, -0.25) is 0 Å². The van der Waals surface area contributed by atoms with Crippen LogP contribution in [-0.4, -0.2) is 29.2 Å². The summed E-state index contributed by atoms with van der Waals surface area (Å²) < 4.78 is 0. The van der Waals surface area contributed by atoms with Crippen LogP contribution in [0.2, 0.25) is 0 Å². The van der Waals surface area contributed by atoms with Gasteiger partial charge in [0.25, 0.3) is 5.95 Å². The van der Waals surface area contributed by atoms with Crippen molar-refractivity contribution in [2.45, 2.75) is 0 Å². The first-order valence-electron chi connectivity index (χ1n) is 2.89. The molecule has 0 atom stereocenters. The molecule has 1 heterocycles. The predicted molar refractivity (Wildman–Crippen MR) is 36.3 cm³/mol. The van der Waals surface area contributed by atoms with E-state index in [4.69, 9.17) is 9.68 Å². The molecule has 1 rings (SSSR count). The van der Waals surface area contributed by atoms with E-state index < -0.39 is 0 Å². The van der Waals surface area contributed by atoms with Crippen LogP contribution in [-0.2, 0) is 9.68 Å². The minimum Gasteiger partial charge on any atom is -0.249 e. The van der Waals surface area contributed by atoms with Gasteiger partial charge in [0.05, 0.1) is 14.2 Å². The number of rotatable bonds is 3. The SMILES string of the molecule is CON(OC)c1ncncn1. The van der Waals surface area contributed by atoms with Crippen molar-refractivity contribution in [1.29, 1.82) is 0 Å². The predicted octanol–water partition coefficient (Wildman–Crippen LogP) is -0.199. The maximum absolute atomic E-state index is 4.74. The number of aromatic nitrogens is 3. The lowest BCUT2D eigenvalue weighted by Crippen LogP contribution is -2.22. The molecule has 0 radical (unpaired) electrons. The van der Waals surface area contributed by atoms with Gasteiger partial charge in [-0.25, -0.2) is 14.7 Å². The molecule has 0 amide bonds. The molecule has 1 aromatic rings. The molecule has 60 valence electrons. The third-order valence-corrected chi connectivity index (χ3v) is 0.975. The van der Waals surface area contributed by atoms with E-state index in [2.05, 4.69) is 15.0 Å². The van der Waals surface area contributed by atoms with E-state index in [1.54, 1.807) is 0 Å². The quantitative estimate of drug-likeness (QED) is 0.565. The van der Waals surface area contributed by atoms with Crippen LogP contribution in [0.5, 0.6) is 0 Å². The zero-order chi connectivity index (χ0) is 8.10. The Labute approximate surface area is 63.7 Å². The smallest absolute Gasteiger partial charge is 0.249 e. The Morgan fingerprint density at radius 3 is 2.18 bits per heavy atom. The molecule has 0 unspecified atom stereocenters. The van der Waals surface area contributed by atoms with Crippen LogP contribution in [0.1, 0.15) is 0 Å². The summed E-state index contributed by atoms with van der Waals surface area (Å²) in [5.41, 5.74) is 0. The van der Waals surface area contributed by atoms with Crippen LogP contribution >= 0.6 is 0 Å². The highest BCUT2D eigenvalue weighted by Gasteiger charge is 2.05. The topological polar surface area (TPSA) is 60.4 Å². The maximum Gasteiger partial charge on any atom is 0.280 e. The fraction of sp³-hybridized carbons (Fsp3) is 0.400. The van der Waals surface area contributed by atoms with E-state index in [0.29, 0.717) is 5.95 Å². The summed E-state index contributed by atoms with van der Waals surface area (Å²) in [5, 5.41) is 1.07. The zero-order valence-corrected chi connectivity index (χ0v) is 6.26. The van der Waals surface area contributed by atoms with Crippen molar-refractivity contribution in [2.75, 3.05) is 19.4 Å². The Kier molecular flexibility index (Phi) is 2.70. The first-order valence-corrected chi connectivity index (χ1v) is 2.89. The van der Waals surface area contributed by atoms with E-state index >= 15 is 0 Å². The van der Waals surface area contributed by atoms with Gasteiger partial charge in [0, 0.05) is 0 Å². The zero-order valence-electron chi connectivity index (χ0n) is 6.26. The molecule has 0 saturated heterocycles. The Balaban J connectivity index is 2.74. The Morgan fingerprint density at radius 2 is 1.73 bits per heavy atom. The first-order chi connectivity index (χ1) is 5.38. The number of nitrogens with zero attached hydrogens (tertiary/aromatic N) is 4. The van der Waals surface area contributed by atoms with Gasteiger partial charge in [-0.05, 0) is 0 Å². The van der Waals surface area contributed by atoms with E-state index in [9.17, 15) is 0 Å². The highest BCUT2D eigenvalue weighted by Crippen LogP contribution is 2.02. The lowest BCUT2D eigenvalue weighted by molar-refractivity contribution is -0.0472. The van der Waals surface area contributed by atoms with Crippen molar-refractivity contribution in [1.82, 2.24) is 15.0 Å². The summed E-state index contributed by atoms with van der Waals surface area (Å²) >= 11 is 0. The second-order valence-corrected chi connectivity index (χ2v) is 1.56. The second-order valence-electron chi connectivity index (χ2n) is 1.56. The van der Waals surface area contributed by atoms with Crippen LogP contribution in [0.4, 0.5) is 5.95 Å². The van der Waals surface area contributed by atoms with Crippen LogP contribution in [0.15, 0.2) is 12.7 Å². The molecule has 0 bridgehead atoms. The van der Waals surface area contributed by atoms with Crippen molar-refractivity contribution >= 4 is 5.95 Å². The van der Waals surface area contributed by atoms with Crippen molar-refractivity contribution < 1.29 is 9.68 Å². The normalized spacial score (nSPS) is 9.64. The molecule has 0 N–H and O–H groups in total. The van der Waals surface area contributed by atoms with Crippen LogP contribution in [0.3, 0.4) is 0 Å². The summed E-state index contributed by atoms with van der Waals surface area (Å²) in [6, 6.07) is 0. The first kappa shape index (κ1) is 7.83. The molecular formula is C5H8N4O2. The second kappa shape index (κ2) is 3.79. The van der Waals surface area contributed by atoms with Gasteiger partial charge >= 0.3 is 0 Å². The summed E-state index contributed by atoms with van der Waals surface area (Å²) in [4.78, 5) is 20.7. The molecule has 0 aliphatic carbocycles. The largest absolute Gasteiger partial charge is 0.280 e. The van der Waals surface area contributed by atoms with E-state index in [-0.39, 0.29) is 0 Å². The number of hydrogen-bond donors (Lipinski definition) is 0. The van der Waals surface area contributed by atoms with Crippen molar-refractivity contribution in [3.05, 3.63) is 12.7 Å². The average Bonchev–Trinajstić information content (AvgIpc) is 2.09. The summed E-state index contributed by atoms with van der Waals surface area (Å²) in [6.07, 6.45) is 2.71. The molecule has 0 aliphatic heterocycles. The molecule has 0 aromatic carbocycles. The van der Waals surface area contributed by atoms with Gasteiger partial charge in [0.2, 0.25) is 0 Å². The molecule has 6 nitrogen and oxygen atoms in total. The fourth-order valence-electron chi connectivity index (χ4n) is 0.565. The van der Waals surface area contributed by atoms with Crippen molar-refractivity contribution in [2.24, 2.45) is 0 Å². The lowest BCUT2D eigenvalue weighted by Gasteiger charge is -2.13. The van der Waals surface area contributed by atoms with Gasteiger partial charge in [-0.15, -0.1) is 0 Å². The van der Waals surface area contributed by atoms with Crippen LogP contribution < -0.4 is 5.23 Å². The molecule has 11 heavy (non-hydrogen) atoms. The van der Waals surface area contributed by atoms with E-state index in [0.717, 1.165) is 5.23 Å². The van der Waals surface area contributed by atoms with Gasteiger partial charge < -0.3 is 0 Å². The monoisotopic (exact) mass is 156 g/mol. The molecule has 6 heteroatoms. The Morgan fingerprint density at radius 1 is 1.18 bits per heavy atom. The third kappa shape index (κ3) is 1.82. The minimum atomic E-state index is 0.310. The lowest BCUT2D eigenvalue weighted by atomic mass is 11.0. The minimum absolute atomic E-state index is 0.310. The van der Waals surface area contributed by atoms with Crippen molar-refractivity contribution in [3.8, 4) is 0 Å². The van der Waals surface area contributed by atoms with Gasteiger partial charge in [-0.2, -0.15) is 9.97 Å². The summed E-state index contributed by atoms with van der Waals surface area (Å²) in [6.45, 7) is 0. The van der Waals surface area contributed by atoms with Crippen LogP contribution in [0.25, 0.3) is 0 Å². The van der Waals surface area contributed by atoms with E-state index in [1.165, 1.54) is 26.9 Å². The van der Waals surface area contributed by atoms with Gasteiger partial charge in [0.1, 0.15) is 12.7 Å². The highest BCUT2D eigenvalue weighted by atomic mass is 16.9. The maximum atomic E-state index is 4.74. The highest BCUT2D eigenvalue weighted by molar-refractivity contribution is 5.17. The molecule has 0 saturated carbocycles. The number of anilines is 1. The van der Waals surface area contributed by atoms with Crippen LogP contribution in [0, 0.1) is 0 Å².